The van der Waals surface area contributed by atoms with Crippen LogP contribution in [0.15, 0.2) is 40.9 Å². The highest BCUT2D eigenvalue weighted by atomic mass is 32.2. The fraction of sp³-hybridized carbons (Fsp3) is 0.333. The summed E-state index contributed by atoms with van der Waals surface area (Å²) in [6.07, 6.45) is 5.37. The summed E-state index contributed by atoms with van der Waals surface area (Å²) in [6.45, 7) is 5.10. The van der Waals surface area contributed by atoms with Gasteiger partial charge in [0.15, 0.2) is 5.16 Å². The number of aromatic nitrogens is 3. The Morgan fingerprint density at radius 2 is 2.24 bits per heavy atom. The van der Waals surface area contributed by atoms with Gasteiger partial charge in [0.05, 0.1) is 0 Å². The summed E-state index contributed by atoms with van der Waals surface area (Å²) in [6, 6.07) is 4.52. The predicted octanol–water partition coefficient (Wildman–Crippen LogP) is 2.45. The zero-order valence-electron chi connectivity index (χ0n) is 9.97. The fourth-order valence-electron chi connectivity index (χ4n) is 1.36. The Balaban J connectivity index is 2.10. The van der Waals surface area contributed by atoms with E-state index in [2.05, 4.69) is 40.2 Å². The lowest BCUT2D eigenvalue weighted by Gasteiger charge is -2.10. The van der Waals surface area contributed by atoms with E-state index >= 15 is 0 Å². The van der Waals surface area contributed by atoms with Crippen LogP contribution in [-0.2, 0) is 6.54 Å². The van der Waals surface area contributed by atoms with E-state index in [0.29, 0.717) is 6.04 Å². The minimum atomic E-state index is 0.469. The van der Waals surface area contributed by atoms with Gasteiger partial charge in [0.1, 0.15) is 5.03 Å². The zero-order valence-corrected chi connectivity index (χ0v) is 10.8. The van der Waals surface area contributed by atoms with E-state index < -0.39 is 0 Å². The standard InChI is InChI=1S/C12H16N4S/c1-9(2)16-8-10-4-3-5-13-11(10)17-12-14-6-7-15-12/h3-7,9,16H,8H2,1-2H3,(H,14,15). The Morgan fingerprint density at radius 1 is 1.35 bits per heavy atom. The van der Waals surface area contributed by atoms with Gasteiger partial charge in [-0.1, -0.05) is 19.9 Å². The molecule has 0 aliphatic carbocycles. The molecule has 0 aliphatic rings. The van der Waals surface area contributed by atoms with E-state index in [1.54, 1.807) is 18.0 Å². The first-order valence-electron chi connectivity index (χ1n) is 5.60. The number of hydrogen-bond acceptors (Lipinski definition) is 4. The lowest BCUT2D eigenvalue weighted by Crippen LogP contribution is -2.22. The van der Waals surface area contributed by atoms with E-state index in [0.717, 1.165) is 16.7 Å². The second-order valence-electron chi connectivity index (χ2n) is 4.00. The van der Waals surface area contributed by atoms with Gasteiger partial charge in [-0.3, -0.25) is 0 Å². The van der Waals surface area contributed by atoms with Gasteiger partial charge in [-0.05, 0) is 23.4 Å². The Kier molecular flexibility index (Phi) is 4.17. The van der Waals surface area contributed by atoms with Crippen molar-refractivity contribution in [3.63, 3.8) is 0 Å². The second kappa shape index (κ2) is 5.84. The highest BCUT2D eigenvalue weighted by Gasteiger charge is 2.07. The summed E-state index contributed by atoms with van der Waals surface area (Å²) in [5.74, 6) is 0. The average Bonchev–Trinajstić information content (AvgIpc) is 2.80. The number of nitrogens with one attached hydrogen (secondary N) is 2. The number of rotatable bonds is 5. The molecule has 0 unspecified atom stereocenters. The van der Waals surface area contributed by atoms with Crippen molar-refractivity contribution in [2.24, 2.45) is 0 Å². The van der Waals surface area contributed by atoms with Crippen molar-refractivity contribution in [3.8, 4) is 0 Å². The van der Waals surface area contributed by atoms with Gasteiger partial charge >= 0.3 is 0 Å². The van der Waals surface area contributed by atoms with Crippen molar-refractivity contribution in [2.45, 2.75) is 36.6 Å². The smallest absolute Gasteiger partial charge is 0.171 e. The molecule has 0 fully saturated rings. The number of pyridine rings is 1. The maximum Gasteiger partial charge on any atom is 0.171 e. The second-order valence-corrected chi connectivity index (χ2v) is 4.98. The van der Waals surface area contributed by atoms with Crippen molar-refractivity contribution in [3.05, 3.63) is 36.3 Å². The van der Waals surface area contributed by atoms with Gasteiger partial charge < -0.3 is 10.3 Å². The van der Waals surface area contributed by atoms with Crippen molar-refractivity contribution < 1.29 is 0 Å². The molecule has 2 N–H and O–H groups in total. The van der Waals surface area contributed by atoms with Crippen LogP contribution in [0.5, 0.6) is 0 Å². The first kappa shape index (κ1) is 12.1. The van der Waals surface area contributed by atoms with Gasteiger partial charge in [0.25, 0.3) is 0 Å². The van der Waals surface area contributed by atoms with Crippen molar-refractivity contribution in [2.75, 3.05) is 0 Å². The summed E-state index contributed by atoms with van der Waals surface area (Å²) in [4.78, 5) is 11.7. The minimum Gasteiger partial charge on any atom is -0.339 e. The molecule has 4 nitrogen and oxygen atoms in total. The predicted molar refractivity (Wildman–Crippen MR) is 68.9 cm³/mol. The molecule has 90 valence electrons. The van der Waals surface area contributed by atoms with Crippen molar-refractivity contribution in [1.29, 1.82) is 0 Å². The maximum absolute atomic E-state index is 4.39. The van der Waals surface area contributed by atoms with E-state index in [4.69, 9.17) is 0 Å². The Bertz CT molecular complexity index is 453. The monoisotopic (exact) mass is 248 g/mol. The van der Waals surface area contributed by atoms with E-state index in [1.165, 1.54) is 5.56 Å². The molecule has 0 spiro atoms. The van der Waals surface area contributed by atoms with Crippen molar-refractivity contribution >= 4 is 11.8 Å². The summed E-state index contributed by atoms with van der Waals surface area (Å²) >= 11 is 1.55. The topological polar surface area (TPSA) is 53.6 Å². The molecule has 5 heteroatoms. The minimum absolute atomic E-state index is 0.469. The van der Waals surface area contributed by atoms with Crippen LogP contribution in [0.2, 0.25) is 0 Å². The van der Waals surface area contributed by atoms with Crippen LogP contribution in [0.1, 0.15) is 19.4 Å². The van der Waals surface area contributed by atoms with Crippen LogP contribution < -0.4 is 5.32 Å². The van der Waals surface area contributed by atoms with Crippen LogP contribution in [0.4, 0.5) is 0 Å². The van der Waals surface area contributed by atoms with Crippen LogP contribution in [0.25, 0.3) is 0 Å². The molecule has 0 radical (unpaired) electrons. The molecule has 2 aromatic rings. The maximum atomic E-state index is 4.39. The summed E-state index contributed by atoms with van der Waals surface area (Å²) in [5.41, 5.74) is 1.20. The quantitative estimate of drug-likeness (QED) is 0.853. The summed E-state index contributed by atoms with van der Waals surface area (Å²) < 4.78 is 0. The molecule has 2 aromatic heterocycles. The van der Waals surface area contributed by atoms with E-state index in [9.17, 15) is 0 Å². The van der Waals surface area contributed by atoms with E-state index in [1.807, 2.05) is 18.5 Å². The normalized spacial score (nSPS) is 11.0. The average molecular weight is 248 g/mol. The van der Waals surface area contributed by atoms with Crippen molar-refractivity contribution in [1.82, 2.24) is 20.3 Å². The SMILES string of the molecule is CC(C)NCc1cccnc1Sc1ncc[nH]1. The number of nitrogens with zero attached hydrogens (tertiary/aromatic N) is 2. The fourth-order valence-corrected chi connectivity index (χ4v) is 2.17. The van der Waals surface area contributed by atoms with Gasteiger partial charge in [-0.2, -0.15) is 0 Å². The number of aromatic amines is 1. The molecule has 2 heterocycles. The van der Waals surface area contributed by atoms with Gasteiger partial charge in [0, 0.05) is 31.2 Å². The first-order valence-corrected chi connectivity index (χ1v) is 6.42. The van der Waals surface area contributed by atoms with Gasteiger partial charge in [-0.25, -0.2) is 9.97 Å². The summed E-state index contributed by atoms with van der Waals surface area (Å²) in [5, 5.41) is 5.26. The molecule has 2 rings (SSSR count). The van der Waals surface area contributed by atoms with Crippen LogP contribution in [0.3, 0.4) is 0 Å². The number of hydrogen-bond donors (Lipinski definition) is 2. The van der Waals surface area contributed by atoms with Crippen LogP contribution in [-0.4, -0.2) is 21.0 Å². The zero-order chi connectivity index (χ0) is 12.1. The molecular weight excluding hydrogens is 232 g/mol. The first-order chi connectivity index (χ1) is 8.25. The third kappa shape index (κ3) is 3.57. The molecule has 0 saturated carbocycles. The Labute approximate surface area is 105 Å². The molecule has 0 atom stereocenters. The Hall–Kier alpha value is -1.33. The van der Waals surface area contributed by atoms with Gasteiger partial charge in [-0.15, -0.1) is 0 Å². The Morgan fingerprint density at radius 3 is 2.94 bits per heavy atom. The molecule has 0 amide bonds. The highest BCUT2D eigenvalue weighted by molar-refractivity contribution is 7.99. The molecule has 0 aromatic carbocycles. The number of H-pyrrole nitrogens is 1. The summed E-state index contributed by atoms with van der Waals surface area (Å²) in [7, 11) is 0. The third-order valence-electron chi connectivity index (χ3n) is 2.22. The van der Waals surface area contributed by atoms with Crippen LogP contribution in [0, 0.1) is 0 Å². The molecule has 17 heavy (non-hydrogen) atoms. The molecule has 0 aliphatic heterocycles. The molecular formula is C12H16N4S. The lowest BCUT2D eigenvalue weighted by molar-refractivity contribution is 0.582. The highest BCUT2D eigenvalue weighted by Crippen LogP contribution is 2.25. The third-order valence-corrected chi connectivity index (χ3v) is 3.19. The molecule has 0 saturated heterocycles. The largest absolute Gasteiger partial charge is 0.339 e. The van der Waals surface area contributed by atoms with E-state index in [-0.39, 0.29) is 0 Å². The lowest BCUT2D eigenvalue weighted by atomic mass is 10.2. The molecule has 0 bridgehead atoms. The number of imidazole rings is 1. The van der Waals surface area contributed by atoms with Gasteiger partial charge in [0.2, 0.25) is 0 Å². The van der Waals surface area contributed by atoms with Crippen LogP contribution >= 0.6 is 11.8 Å².